The molecule has 1 aromatic heterocycles. The Bertz CT molecular complexity index is 1320. The molecule has 4 rings (SSSR count). The van der Waals surface area contributed by atoms with E-state index in [1.807, 2.05) is 0 Å². The number of hydrogen-bond acceptors (Lipinski definition) is 2. The highest BCUT2D eigenvalue weighted by molar-refractivity contribution is 6.08. The molecule has 0 atom stereocenters. The second-order valence-electron chi connectivity index (χ2n) is 6.26. The lowest BCUT2D eigenvalue weighted by molar-refractivity contribution is 0.102. The molecule has 1 heterocycles. The Balaban J connectivity index is 1.68. The Labute approximate surface area is 164 Å². The van der Waals surface area contributed by atoms with Gasteiger partial charge in [0.1, 0.15) is 11.6 Å². The van der Waals surface area contributed by atoms with E-state index in [1.165, 1.54) is 18.2 Å². The van der Waals surface area contributed by atoms with Crippen LogP contribution in [0.1, 0.15) is 10.4 Å². The largest absolute Gasteiger partial charge is 0.304 e. The summed E-state index contributed by atoms with van der Waals surface area (Å²) < 4.78 is 81.0. The van der Waals surface area contributed by atoms with Crippen LogP contribution in [0.4, 0.5) is 32.2 Å². The second kappa shape index (κ2) is 7.21. The van der Waals surface area contributed by atoms with E-state index in [4.69, 9.17) is 0 Å². The fourth-order valence-electron chi connectivity index (χ4n) is 2.91. The van der Waals surface area contributed by atoms with Crippen LogP contribution in [-0.2, 0) is 0 Å². The van der Waals surface area contributed by atoms with Crippen LogP contribution in [0.25, 0.3) is 22.0 Å². The molecule has 4 aromatic rings. The number of fused-ring (bicyclic) bond motifs is 1. The molecule has 1 amide bonds. The lowest BCUT2D eigenvalue weighted by Crippen LogP contribution is -2.16. The van der Waals surface area contributed by atoms with E-state index in [0.717, 1.165) is 18.2 Å². The summed E-state index contributed by atoms with van der Waals surface area (Å²) in [6.45, 7) is 0. The summed E-state index contributed by atoms with van der Waals surface area (Å²) in [7, 11) is 0. The van der Waals surface area contributed by atoms with Gasteiger partial charge in [0.25, 0.3) is 5.91 Å². The molecule has 2 N–H and O–H groups in total. The third kappa shape index (κ3) is 3.25. The average molecular weight is 421 g/mol. The van der Waals surface area contributed by atoms with Crippen molar-refractivity contribution in [3.8, 4) is 11.1 Å². The number of benzene rings is 3. The van der Waals surface area contributed by atoms with Gasteiger partial charge in [0, 0.05) is 10.9 Å². The number of hydrogen-bond donors (Lipinski definition) is 2. The Hall–Kier alpha value is -3.82. The maximum Gasteiger partial charge on any atom is 0.260 e. The van der Waals surface area contributed by atoms with E-state index in [0.29, 0.717) is 16.5 Å². The van der Waals surface area contributed by atoms with Crippen LogP contribution in [0.2, 0.25) is 0 Å². The Morgan fingerprint density at radius 2 is 1.60 bits per heavy atom. The minimum absolute atomic E-state index is 0.00332. The van der Waals surface area contributed by atoms with E-state index in [1.54, 1.807) is 0 Å². The van der Waals surface area contributed by atoms with Crippen molar-refractivity contribution in [2.75, 3.05) is 5.32 Å². The summed E-state index contributed by atoms with van der Waals surface area (Å²) in [4.78, 5) is 12.2. The summed E-state index contributed by atoms with van der Waals surface area (Å²) >= 11 is 0. The minimum atomic E-state index is -2.12. The lowest BCUT2D eigenvalue weighted by Gasteiger charge is -2.07. The molecule has 152 valence electrons. The van der Waals surface area contributed by atoms with Crippen molar-refractivity contribution in [1.29, 1.82) is 0 Å². The Kier molecular flexibility index (Phi) is 4.69. The standard InChI is InChI=1S/C20H9F6N3O/c21-9-2-4-13(22)11(6-9)8-1-3-10-15(5-8)28-29-19(10)27-20(30)12-7-14(23)17(25)18(26)16(12)24/h1-7H,(H2,27,28,29,30). The van der Waals surface area contributed by atoms with Crippen molar-refractivity contribution >= 4 is 22.6 Å². The summed E-state index contributed by atoms with van der Waals surface area (Å²) in [6.07, 6.45) is 0. The molecule has 4 nitrogen and oxygen atoms in total. The van der Waals surface area contributed by atoms with Crippen molar-refractivity contribution in [3.05, 3.63) is 82.9 Å². The van der Waals surface area contributed by atoms with E-state index in [-0.39, 0.29) is 17.4 Å². The summed E-state index contributed by atoms with van der Waals surface area (Å²) in [5.74, 6) is -10.4. The number of carbonyl (C=O) groups excluding carboxylic acids is 1. The average Bonchev–Trinajstić information content (AvgIpc) is 3.12. The molecule has 0 bridgehead atoms. The Morgan fingerprint density at radius 3 is 2.37 bits per heavy atom. The van der Waals surface area contributed by atoms with Gasteiger partial charge in [-0.3, -0.25) is 9.89 Å². The maximum atomic E-state index is 14.0. The van der Waals surface area contributed by atoms with Gasteiger partial charge in [0.2, 0.25) is 0 Å². The topological polar surface area (TPSA) is 57.8 Å². The Morgan fingerprint density at radius 1 is 0.833 bits per heavy atom. The van der Waals surface area contributed by atoms with Gasteiger partial charge in [-0.15, -0.1) is 0 Å². The number of carbonyl (C=O) groups is 1. The summed E-state index contributed by atoms with van der Waals surface area (Å²) in [6, 6.07) is 7.48. The first-order valence-corrected chi connectivity index (χ1v) is 8.34. The van der Waals surface area contributed by atoms with Gasteiger partial charge in [0.15, 0.2) is 29.1 Å². The highest BCUT2D eigenvalue weighted by Crippen LogP contribution is 2.29. The fraction of sp³-hybridized carbons (Fsp3) is 0. The SMILES string of the molecule is O=C(Nc1n[nH]c2cc(-c3cc(F)ccc3F)ccc12)c1cc(F)c(F)c(F)c1F. The second-order valence-corrected chi connectivity index (χ2v) is 6.26. The zero-order valence-electron chi connectivity index (χ0n) is 14.7. The first-order chi connectivity index (χ1) is 14.3. The smallest absolute Gasteiger partial charge is 0.260 e. The van der Waals surface area contributed by atoms with Crippen LogP contribution in [0.15, 0.2) is 42.5 Å². The molecule has 0 aliphatic rings. The molecule has 3 aromatic carbocycles. The number of nitrogens with one attached hydrogen (secondary N) is 2. The normalized spacial score (nSPS) is 11.1. The molecule has 0 aliphatic heterocycles. The number of anilines is 1. The van der Waals surface area contributed by atoms with Gasteiger partial charge >= 0.3 is 0 Å². The van der Waals surface area contributed by atoms with Crippen LogP contribution in [0.5, 0.6) is 0 Å². The number of halogens is 6. The molecule has 0 fully saturated rings. The number of aromatic nitrogens is 2. The van der Waals surface area contributed by atoms with Crippen LogP contribution in [0.3, 0.4) is 0 Å². The molecular weight excluding hydrogens is 412 g/mol. The molecule has 0 saturated carbocycles. The highest BCUT2D eigenvalue weighted by Gasteiger charge is 2.24. The first kappa shape index (κ1) is 19.5. The van der Waals surface area contributed by atoms with Crippen molar-refractivity contribution in [2.24, 2.45) is 0 Å². The van der Waals surface area contributed by atoms with Crippen LogP contribution in [0, 0.1) is 34.9 Å². The number of nitrogens with zero attached hydrogens (tertiary/aromatic N) is 1. The van der Waals surface area contributed by atoms with Crippen LogP contribution < -0.4 is 5.32 Å². The quantitative estimate of drug-likeness (QED) is 0.267. The molecule has 30 heavy (non-hydrogen) atoms. The predicted octanol–water partition coefficient (Wildman–Crippen LogP) is 5.32. The van der Waals surface area contributed by atoms with Gasteiger partial charge in [-0.2, -0.15) is 5.10 Å². The van der Waals surface area contributed by atoms with Gasteiger partial charge in [-0.1, -0.05) is 6.07 Å². The summed E-state index contributed by atoms with van der Waals surface area (Å²) in [5, 5.41) is 8.83. The highest BCUT2D eigenvalue weighted by atomic mass is 19.2. The molecule has 10 heteroatoms. The van der Waals surface area contributed by atoms with E-state index in [2.05, 4.69) is 15.5 Å². The predicted molar refractivity (Wildman–Crippen MR) is 95.7 cm³/mol. The molecular formula is C20H9F6N3O. The number of amides is 1. The van der Waals surface area contributed by atoms with Crippen molar-refractivity contribution in [1.82, 2.24) is 10.2 Å². The van der Waals surface area contributed by atoms with Crippen molar-refractivity contribution in [2.45, 2.75) is 0 Å². The third-order valence-corrected chi connectivity index (χ3v) is 4.38. The number of rotatable bonds is 3. The lowest BCUT2D eigenvalue weighted by atomic mass is 10.0. The van der Waals surface area contributed by atoms with Crippen LogP contribution in [-0.4, -0.2) is 16.1 Å². The monoisotopic (exact) mass is 421 g/mol. The van der Waals surface area contributed by atoms with Crippen molar-refractivity contribution in [3.63, 3.8) is 0 Å². The van der Waals surface area contributed by atoms with Gasteiger partial charge < -0.3 is 5.32 Å². The van der Waals surface area contributed by atoms with Gasteiger partial charge in [-0.05, 0) is 42.0 Å². The number of H-pyrrole nitrogens is 1. The van der Waals surface area contributed by atoms with E-state index < -0.39 is 46.4 Å². The van der Waals surface area contributed by atoms with Gasteiger partial charge in [-0.25, -0.2) is 26.3 Å². The van der Waals surface area contributed by atoms with E-state index in [9.17, 15) is 31.1 Å². The third-order valence-electron chi connectivity index (χ3n) is 4.38. The number of aromatic amines is 1. The van der Waals surface area contributed by atoms with Gasteiger partial charge in [0.05, 0.1) is 11.1 Å². The molecule has 0 aliphatic carbocycles. The minimum Gasteiger partial charge on any atom is -0.304 e. The summed E-state index contributed by atoms with van der Waals surface area (Å²) in [5.41, 5.74) is -0.435. The maximum absolute atomic E-state index is 14.0. The zero-order chi connectivity index (χ0) is 21.6. The molecule has 0 radical (unpaired) electrons. The fourth-order valence-corrected chi connectivity index (χ4v) is 2.91. The van der Waals surface area contributed by atoms with E-state index >= 15 is 0 Å². The molecule has 0 unspecified atom stereocenters. The molecule has 0 saturated heterocycles. The first-order valence-electron chi connectivity index (χ1n) is 8.34. The van der Waals surface area contributed by atoms with Crippen LogP contribution >= 0.6 is 0 Å². The zero-order valence-corrected chi connectivity index (χ0v) is 14.7. The molecule has 0 spiro atoms. The van der Waals surface area contributed by atoms with Crippen molar-refractivity contribution < 1.29 is 31.1 Å².